The molecule has 2 aromatic carbocycles. The fourth-order valence-electron chi connectivity index (χ4n) is 3.68. The lowest BCUT2D eigenvalue weighted by molar-refractivity contribution is -0.214. The molecule has 0 radical (unpaired) electrons. The van der Waals surface area contributed by atoms with Gasteiger partial charge >= 0.3 is 0 Å². The van der Waals surface area contributed by atoms with Crippen LogP contribution in [0, 0.1) is 0 Å². The molecule has 0 unspecified atom stereocenters. The molecule has 2 heterocycles. The lowest BCUT2D eigenvalue weighted by Crippen LogP contribution is -2.53. The maximum atomic E-state index is 14.0. The number of rotatable bonds is 5. The second-order valence-electron chi connectivity index (χ2n) is 7.36. The minimum absolute atomic E-state index is 0.571. The second kappa shape index (κ2) is 9.14. The molecule has 0 saturated carbocycles. The highest BCUT2D eigenvalue weighted by atomic mass is 35.5. The van der Waals surface area contributed by atoms with Crippen LogP contribution in [-0.2, 0) is 11.2 Å². The van der Waals surface area contributed by atoms with E-state index in [0.29, 0.717) is 17.0 Å². The van der Waals surface area contributed by atoms with Crippen molar-refractivity contribution >= 4 is 22.9 Å². The van der Waals surface area contributed by atoms with Crippen molar-refractivity contribution in [1.29, 1.82) is 0 Å². The van der Waals surface area contributed by atoms with Crippen molar-refractivity contribution in [2.75, 3.05) is 6.61 Å². The molecule has 7 heteroatoms. The van der Waals surface area contributed by atoms with E-state index in [2.05, 4.69) is 24.3 Å². The Hall–Kier alpha value is -1.80. The Morgan fingerprint density at radius 3 is 2.50 bits per heavy atom. The van der Waals surface area contributed by atoms with Gasteiger partial charge in [-0.15, -0.1) is 11.3 Å². The molecule has 4 rings (SSSR count). The van der Waals surface area contributed by atoms with Crippen molar-refractivity contribution in [2.45, 2.75) is 37.0 Å². The first-order valence-corrected chi connectivity index (χ1v) is 10.9. The van der Waals surface area contributed by atoms with Crippen molar-refractivity contribution in [2.24, 2.45) is 0 Å². The molecule has 0 aliphatic carbocycles. The van der Waals surface area contributed by atoms with E-state index in [1.54, 1.807) is 29.5 Å². The molecule has 5 atom stereocenters. The van der Waals surface area contributed by atoms with Crippen molar-refractivity contribution in [3.8, 4) is 10.4 Å². The van der Waals surface area contributed by atoms with E-state index >= 15 is 0 Å². The minimum Gasteiger partial charge on any atom is -0.394 e. The Morgan fingerprint density at radius 1 is 1.00 bits per heavy atom. The van der Waals surface area contributed by atoms with E-state index in [1.807, 2.05) is 18.2 Å². The van der Waals surface area contributed by atoms with Crippen LogP contribution in [0.3, 0.4) is 0 Å². The van der Waals surface area contributed by atoms with Crippen molar-refractivity contribution < 1.29 is 24.4 Å². The largest absolute Gasteiger partial charge is 0.394 e. The molecule has 1 aromatic heterocycles. The van der Waals surface area contributed by atoms with Gasteiger partial charge in [-0.2, -0.15) is 0 Å². The number of hydrogen-bond acceptors (Lipinski definition) is 5. The van der Waals surface area contributed by atoms with E-state index in [0.717, 1.165) is 20.9 Å². The summed E-state index contributed by atoms with van der Waals surface area (Å²) in [6.07, 6.45) is -6.49. The minimum atomic E-state index is -1.85. The highest BCUT2D eigenvalue weighted by molar-refractivity contribution is 7.15. The number of ether oxygens (including phenoxy) is 1. The van der Waals surface area contributed by atoms with Gasteiger partial charge in [0.25, 0.3) is 0 Å². The molecule has 1 aliphatic rings. The Balaban J connectivity index is 1.57. The smallest absolute Gasteiger partial charge is 0.157 e. The van der Waals surface area contributed by atoms with Crippen LogP contribution < -0.4 is 0 Å². The Bertz CT molecular complexity index is 994. The van der Waals surface area contributed by atoms with Crippen LogP contribution in [0.2, 0.25) is 5.02 Å². The van der Waals surface area contributed by atoms with Crippen LogP contribution in [0.4, 0.5) is 4.39 Å². The SMILES string of the molecule is OC[C@H]1O[C@@H](c2ccc(Cl)c(Cc3ccc(-c4ccccc4)s3)c2)[C@H](O)[C@@H](O)[C@@H]1F. The molecule has 0 spiro atoms. The molecular formula is C23H22ClFO4S. The number of hydrogen-bond donors (Lipinski definition) is 3. The zero-order valence-corrected chi connectivity index (χ0v) is 17.6. The van der Waals surface area contributed by atoms with Gasteiger partial charge < -0.3 is 20.1 Å². The first-order chi connectivity index (χ1) is 14.5. The maximum absolute atomic E-state index is 14.0. The van der Waals surface area contributed by atoms with Crippen LogP contribution in [-0.4, -0.2) is 46.4 Å². The average molecular weight is 449 g/mol. The fraction of sp³-hybridized carbons (Fsp3) is 0.304. The van der Waals surface area contributed by atoms with Gasteiger partial charge in [-0.1, -0.05) is 54.1 Å². The van der Waals surface area contributed by atoms with E-state index in [1.165, 1.54) is 0 Å². The Labute approximate surface area is 183 Å². The summed E-state index contributed by atoms with van der Waals surface area (Å²) in [5.74, 6) is 0. The topological polar surface area (TPSA) is 69.9 Å². The number of benzene rings is 2. The molecule has 0 amide bonds. The van der Waals surface area contributed by atoms with Crippen molar-refractivity contribution in [3.05, 3.63) is 81.7 Å². The highest BCUT2D eigenvalue weighted by Crippen LogP contribution is 2.36. The predicted octanol–water partition coefficient (Wildman–Crippen LogP) is 4.15. The standard InChI is InChI=1S/C23H22ClFO4S/c24-17-8-6-14(23-22(28)21(27)20(25)18(12-26)29-23)10-15(17)11-16-7-9-19(30-16)13-4-2-1-3-5-13/h1-10,18,20-23,26-28H,11-12H2/t18-,20-,21+,22-,23+/m1/s1. The molecule has 1 saturated heterocycles. The van der Waals surface area contributed by atoms with Crippen molar-refractivity contribution in [1.82, 2.24) is 0 Å². The monoisotopic (exact) mass is 448 g/mol. The van der Waals surface area contributed by atoms with Crippen LogP contribution in [0.5, 0.6) is 0 Å². The van der Waals surface area contributed by atoms with Gasteiger partial charge in [-0.25, -0.2) is 4.39 Å². The third-order valence-electron chi connectivity index (χ3n) is 5.33. The number of aliphatic hydroxyl groups is 3. The zero-order chi connectivity index (χ0) is 21.3. The first-order valence-electron chi connectivity index (χ1n) is 9.67. The van der Waals surface area contributed by atoms with Crippen LogP contribution in [0.1, 0.15) is 22.1 Å². The second-order valence-corrected chi connectivity index (χ2v) is 8.94. The molecule has 4 nitrogen and oxygen atoms in total. The molecule has 1 fully saturated rings. The summed E-state index contributed by atoms with van der Waals surface area (Å²) in [4.78, 5) is 2.28. The highest BCUT2D eigenvalue weighted by Gasteiger charge is 2.45. The Kier molecular flexibility index (Phi) is 6.53. The van der Waals surface area contributed by atoms with Crippen LogP contribution in [0.25, 0.3) is 10.4 Å². The number of thiophene rings is 1. The lowest BCUT2D eigenvalue weighted by Gasteiger charge is -2.39. The summed E-state index contributed by atoms with van der Waals surface area (Å²) in [5, 5.41) is 30.2. The van der Waals surface area contributed by atoms with Gasteiger partial charge in [0.15, 0.2) is 6.17 Å². The number of alkyl halides is 1. The van der Waals surface area contributed by atoms with E-state index < -0.39 is 37.2 Å². The quantitative estimate of drug-likeness (QED) is 0.548. The fourth-order valence-corrected chi connectivity index (χ4v) is 4.90. The maximum Gasteiger partial charge on any atom is 0.157 e. The lowest BCUT2D eigenvalue weighted by atomic mass is 9.91. The number of aliphatic hydroxyl groups excluding tert-OH is 3. The Morgan fingerprint density at radius 2 is 1.77 bits per heavy atom. The molecule has 1 aliphatic heterocycles. The van der Waals surface area contributed by atoms with Crippen molar-refractivity contribution in [3.63, 3.8) is 0 Å². The summed E-state index contributed by atoms with van der Waals surface area (Å²) < 4.78 is 19.6. The van der Waals surface area contributed by atoms with Crippen LogP contribution in [0.15, 0.2) is 60.7 Å². The van der Waals surface area contributed by atoms with Gasteiger partial charge in [0.1, 0.15) is 24.4 Å². The average Bonchev–Trinajstić information content (AvgIpc) is 3.23. The molecule has 3 aromatic rings. The summed E-state index contributed by atoms with van der Waals surface area (Å²) in [6, 6.07) is 19.4. The number of halogens is 2. The molecule has 158 valence electrons. The van der Waals surface area contributed by atoms with Gasteiger partial charge in [-0.05, 0) is 34.9 Å². The summed E-state index contributed by atoms with van der Waals surface area (Å²) in [5.41, 5.74) is 2.56. The van der Waals surface area contributed by atoms with Crippen LogP contribution >= 0.6 is 22.9 Å². The summed E-state index contributed by atoms with van der Waals surface area (Å²) in [6.45, 7) is -0.584. The summed E-state index contributed by atoms with van der Waals surface area (Å²) >= 11 is 8.08. The molecule has 30 heavy (non-hydrogen) atoms. The predicted molar refractivity (Wildman–Crippen MR) is 116 cm³/mol. The first kappa shape index (κ1) is 21.4. The van der Waals surface area contributed by atoms with Gasteiger partial charge in [0.2, 0.25) is 0 Å². The van der Waals surface area contributed by atoms with E-state index in [4.69, 9.17) is 16.3 Å². The van der Waals surface area contributed by atoms with Gasteiger partial charge in [0, 0.05) is 21.2 Å². The third kappa shape index (κ3) is 4.30. The van der Waals surface area contributed by atoms with Gasteiger partial charge in [-0.3, -0.25) is 0 Å². The van der Waals surface area contributed by atoms with E-state index in [-0.39, 0.29) is 0 Å². The molecular weight excluding hydrogens is 427 g/mol. The molecule has 0 bridgehead atoms. The normalized spacial score (nSPS) is 26.6. The molecule has 3 N–H and O–H groups in total. The summed E-state index contributed by atoms with van der Waals surface area (Å²) in [7, 11) is 0. The van der Waals surface area contributed by atoms with Gasteiger partial charge in [0.05, 0.1) is 6.61 Å². The third-order valence-corrected chi connectivity index (χ3v) is 6.83. The zero-order valence-electron chi connectivity index (χ0n) is 16.0. The van der Waals surface area contributed by atoms with E-state index in [9.17, 15) is 19.7 Å².